The minimum atomic E-state index is -4.39. The van der Waals surface area contributed by atoms with Gasteiger partial charge in [0.2, 0.25) is 0 Å². The van der Waals surface area contributed by atoms with Crippen LogP contribution in [0, 0.1) is 0 Å². The summed E-state index contributed by atoms with van der Waals surface area (Å²) < 4.78 is 37.5. The fourth-order valence-corrected chi connectivity index (χ4v) is 2.89. The molecule has 0 radical (unpaired) electrons. The zero-order valence-corrected chi connectivity index (χ0v) is 14.4. The second kappa shape index (κ2) is 8.34. The quantitative estimate of drug-likeness (QED) is 0.617. The molecule has 0 atom stereocenters. The lowest BCUT2D eigenvalue weighted by atomic mass is 10.2. The predicted molar refractivity (Wildman–Crippen MR) is 90.5 cm³/mol. The number of thiazole rings is 1. The molecule has 0 aliphatic heterocycles. The number of rotatable bonds is 5. The summed E-state index contributed by atoms with van der Waals surface area (Å²) in [7, 11) is 1.62. The monoisotopic (exact) mass is 376 g/mol. The Balaban J connectivity index is 1.80. The first kappa shape index (κ1) is 18.5. The molecule has 0 unspecified atom stereocenters. The number of nitrogens with one attached hydrogen (secondary N) is 2. The Morgan fingerprint density at radius 1 is 1.29 bits per heavy atom. The number of aromatic nitrogens is 1. The van der Waals surface area contributed by atoms with E-state index >= 15 is 0 Å². The number of guanidine groups is 1. The van der Waals surface area contributed by atoms with Crippen LogP contribution in [0.1, 0.15) is 16.3 Å². The number of hydrogen-bond donors (Lipinski definition) is 2. The van der Waals surface area contributed by atoms with E-state index in [2.05, 4.69) is 20.6 Å². The van der Waals surface area contributed by atoms with E-state index in [0.29, 0.717) is 35.5 Å². The molecular weight excluding hydrogens is 361 g/mol. The summed E-state index contributed by atoms with van der Waals surface area (Å²) in [6, 6.07) is 7.44. The largest absolute Gasteiger partial charge is 0.434 e. The van der Waals surface area contributed by atoms with E-state index in [4.69, 9.17) is 11.6 Å². The highest BCUT2D eigenvalue weighted by atomic mass is 35.5. The van der Waals surface area contributed by atoms with Crippen LogP contribution in [0.5, 0.6) is 0 Å². The van der Waals surface area contributed by atoms with E-state index in [1.165, 1.54) is 0 Å². The maximum absolute atomic E-state index is 12.5. The van der Waals surface area contributed by atoms with Crippen LogP contribution in [0.4, 0.5) is 13.2 Å². The van der Waals surface area contributed by atoms with Gasteiger partial charge in [-0.3, -0.25) is 4.99 Å². The fraction of sp³-hybridized carbons (Fsp3) is 0.333. The highest BCUT2D eigenvalue weighted by Crippen LogP contribution is 2.29. The summed E-state index contributed by atoms with van der Waals surface area (Å²) in [5, 5.41) is 8.25. The molecule has 1 aromatic heterocycles. The molecule has 130 valence electrons. The van der Waals surface area contributed by atoms with Crippen molar-refractivity contribution in [2.75, 3.05) is 13.6 Å². The molecule has 24 heavy (non-hydrogen) atoms. The van der Waals surface area contributed by atoms with Gasteiger partial charge in [0.1, 0.15) is 0 Å². The third-order valence-electron chi connectivity index (χ3n) is 3.10. The van der Waals surface area contributed by atoms with E-state index < -0.39 is 11.9 Å². The number of alkyl halides is 3. The third-order valence-corrected chi connectivity index (χ3v) is 4.38. The molecule has 2 rings (SSSR count). The van der Waals surface area contributed by atoms with Gasteiger partial charge in [0.15, 0.2) is 11.7 Å². The Morgan fingerprint density at radius 2 is 2.04 bits per heavy atom. The Kier molecular flexibility index (Phi) is 6.44. The molecule has 1 aromatic carbocycles. The molecule has 0 aliphatic carbocycles. The third kappa shape index (κ3) is 5.38. The fourth-order valence-electron chi connectivity index (χ4n) is 1.89. The molecule has 0 saturated heterocycles. The van der Waals surface area contributed by atoms with Crippen molar-refractivity contribution in [3.05, 3.63) is 50.9 Å². The molecule has 0 saturated carbocycles. The summed E-state index contributed by atoms with van der Waals surface area (Å²) in [5.41, 5.74) is 0.0839. The summed E-state index contributed by atoms with van der Waals surface area (Å²) in [4.78, 5) is 7.65. The smallest absolute Gasteiger partial charge is 0.356 e. The van der Waals surface area contributed by atoms with Crippen molar-refractivity contribution < 1.29 is 13.2 Å². The molecule has 4 nitrogen and oxygen atoms in total. The molecule has 0 spiro atoms. The minimum absolute atomic E-state index is 0.382. The number of hydrogen-bond acceptors (Lipinski definition) is 3. The molecule has 0 fully saturated rings. The van der Waals surface area contributed by atoms with Crippen molar-refractivity contribution in [2.24, 2.45) is 4.99 Å². The lowest BCUT2D eigenvalue weighted by molar-refractivity contribution is -0.140. The summed E-state index contributed by atoms with van der Waals surface area (Å²) in [5.74, 6) is 0.544. The zero-order chi connectivity index (χ0) is 17.6. The van der Waals surface area contributed by atoms with Crippen molar-refractivity contribution in [3.8, 4) is 0 Å². The molecule has 0 amide bonds. The second-order valence-corrected chi connectivity index (χ2v) is 6.17. The standard InChI is InChI=1S/C15H16ClF3N4S/c1-20-14(22-8-10-4-2-3-5-11(10)16)21-7-6-13-23-12(9-24-13)15(17,18)19/h2-5,9H,6-8H2,1H3,(H2,20,21,22). The lowest BCUT2D eigenvalue weighted by Crippen LogP contribution is -2.37. The Labute approximate surface area is 146 Å². The molecule has 0 aliphatic rings. The molecule has 2 aromatic rings. The molecule has 9 heteroatoms. The first-order valence-corrected chi connectivity index (χ1v) is 8.35. The predicted octanol–water partition coefficient (Wildman–Crippen LogP) is 3.72. The normalized spacial score (nSPS) is 12.3. The van der Waals surface area contributed by atoms with E-state index in [-0.39, 0.29) is 0 Å². The molecular formula is C15H16ClF3N4S. The highest BCUT2D eigenvalue weighted by Gasteiger charge is 2.33. The molecule has 0 bridgehead atoms. The first-order chi connectivity index (χ1) is 11.4. The van der Waals surface area contributed by atoms with Crippen LogP contribution in [-0.2, 0) is 19.1 Å². The van der Waals surface area contributed by atoms with Crippen LogP contribution in [0.3, 0.4) is 0 Å². The summed E-state index contributed by atoms with van der Waals surface area (Å²) in [6.07, 6.45) is -4.01. The Bertz CT molecular complexity index is 700. The van der Waals surface area contributed by atoms with Crippen LogP contribution in [0.25, 0.3) is 0 Å². The van der Waals surface area contributed by atoms with Gasteiger partial charge < -0.3 is 10.6 Å². The van der Waals surface area contributed by atoms with E-state index in [1.54, 1.807) is 13.1 Å². The minimum Gasteiger partial charge on any atom is -0.356 e. The van der Waals surface area contributed by atoms with Gasteiger partial charge in [-0.25, -0.2) is 4.98 Å². The van der Waals surface area contributed by atoms with E-state index in [0.717, 1.165) is 22.3 Å². The van der Waals surface area contributed by atoms with Gasteiger partial charge in [-0.2, -0.15) is 13.2 Å². The van der Waals surface area contributed by atoms with Crippen LogP contribution in [0.15, 0.2) is 34.6 Å². The van der Waals surface area contributed by atoms with Gasteiger partial charge in [-0.15, -0.1) is 11.3 Å². The van der Waals surface area contributed by atoms with E-state index in [1.807, 2.05) is 18.2 Å². The second-order valence-electron chi connectivity index (χ2n) is 4.82. The highest BCUT2D eigenvalue weighted by molar-refractivity contribution is 7.09. The van der Waals surface area contributed by atoms with Crippen LogP contribution < -0.4 is 10.6 Å². The van der Waals surface area contributed by atoms with Crippen molar-refractivity contribution in [1.82, 2.24) is 15.6 Å². The molecule has 2 N–H and O–H groups in total. The maximum Gasteiger partial charge on any atom is 0.434 e. The SMILES string of the molecule is CN=C(NCCc1nc(C(F)(F)F)cs1)NCc1ccccc1Cl. The van der Waals surface area contributed by atoms with Crippen molar-refractivity contribution >= 4 is 28.9 Å². The number of halogens is 4. The maximum atomic E-state index is 12.5. The van der Waals surface area contributed by atoms with E-state index in [9.17, 15) is 13.2 Å². The van der Waals surface area contributed by atoms with Gasteiger partial charge in [-0.05, 0) is 11.6 Å². The van der Waals surface area contributed by atoms with Crippen LogP contribution >= 0.6 is 22.9 Å². The van der Waals surface area contributed by atoms with Gasteiger partial charge in [0.25, 0.3) is 0 Å². The van der Waals surface area contributed by atoms with Gasteiger partial charge in [0, 0.05) is 37.0 Å². The number of aliphatic imine (C=N–C) groups is 1. The molecule has 1 heterocycles. The summed E-state index contributed by atoms with van der Waals surface area (Å²) in [6.45, 7) is 0.918. The Hall–Kier alpha value is -1.80. The number of nitrogens with zero attached hydrogens (tertiary/aromatic N) is 2. The lowest BCUT2D eigenvalue weighted by Gasteiger charge is -2.12. The first-order valence-electron chi connectivity index (χ1n) is 7.09. The average molecular weight is 377 g/mol. The van der Waals surface area contributed by atoms with Crippen molar-refractivity contribution in [1.29, 1.82) is 0 Å². The van der Waals surface area contributed by atoms with Crippen molar-refractivity contribution in [2.45, 2.75) is 19.1 Å². The van der Waals surface area contributed by atoms with Crippen LogP contribution in [-0.4, -0.2) is 24.5 Å². The topological polar surface area (TPSA) is 49.3 Å². The van der Waals surface area contributed by atoms with Gasteiger partial charge in [0.05, 0.1) is 5.01 Å². The van der Waals surface area contributed by atoms with Crippen molar-refractivity contribution in [3.63, 3.8) is 0 Å². The zero-order valence-electron chi connectivity index (χ0n) is 12.8. The number of benzene rings is 1. The Morgan fingerprint density at radius 3 is 2.67 bits per heavy atom. The average Bonchev–Trinajstić information content (AvgIpc) is 3.01. The van der Waals surface area contributed by atoms with Gasteiger partial charge >= 0.3 is 6.18 Å². The summed E-state index contributed by atoms with van der Waals surface area (Å²) >= 11 is 7.07. The van der Waals surface area contributed by atoms with Crippen LogP contribution in [0.2, 0.25) is 5.02 Å². The van der Waals surface area contributed by atoms with Gasteiger partial charge in [-0.1, -0.05) is 29.8 Å².